The topological polar surface area (TPSA) is 43.8 Å². The lowest BCUT2D eigenvalue weighted by Gasteiger charge is -2.25. The number of halogens is 1. The van der Waals surface area contributed by atoms with Gasteiger partial charge in [0.15, 0.2) is 0 Å². The van der Waals surface area contributed by atoms with Crippen LogP contribution in [0.15, 0.2) is 24.3 Å². The number of carboxylic acid groups (broad SMARTS) is 1. The van der Waals surface area contributed by atoms with Crippen molar-refractivity contribution in [2.75, 3.05) is 38.6 Å². The van der Waals surface area contributed by atoms with Gasteiger partial charge in [-0.05, 0) is 51.3 Å². The first kappa shape index (κ1) is 15.8. The molecule has 0 amide bonds. The summed E-state index contributed by atoms with van der Waals surface area (Å²) < 4.78 is 0. The van der Waals surface area contributed by atoms with Crippen molar-refractivity contribution in [3.05, 3.63) is 29.3 Å². The van der Waals surface area contributed by atoms with Crippen molar-refractivity contribution in [2.24, 2.45) is 0 Å². The second kappa shape index (κ2) is 8.02. The molecule has 4 nitrogen and oxygen atoms in total. The Morgan fingerprint density at radius 1 is 1.16 bits per heavy atom. The smallest absolute Gasteiger partial charge is 0.305 e. The monoisotopic (exact) mass is 284 g/mol. The van der Waals surface area contributed by atoms with Gasteiger partial charge in [-0.2, -0.15) is 0 Å². The largest absolute Gasteiger partial charge is 0.481 e. The highest BCUT2D eigenvalue weighted by Crippen LogP contribution is 2.18. The van der Waals surface area contributed by atoms with Crippen LogP contribution in [0.1, 0.15) is 12.8 Å². The van der Waals surface area contributed by atoms with Gasteiger partial charge in [0.25, 0.3) is 0 Å². The molecule has 0 saturated heterocycles. The van der Waals surface area contributed by atoms with Gasteiger partial charge in [-0.1, -0.05) is 11.6 Å². The van der Waals surface area contributed by atoms with E-state index in [2.05, 4.69) is 9.80 Å². The van der Waals surface area contributed by atoms with E-state index in [4.69, 9.17) is 16.7 Å². The summed E-state index contributed by atoms with van der Waals surface area (Å²) >= 11 is 5.87. The molecular formula is C14H21ClN2O2. The molecule has 0 atom stereocenters. The van der Waals surface area contributed by atoms with E-state index in [1.807, 2.05) is 38.4 Å². The maximum Gasteiger partial charge on any atom is 0.305 e. The van der Waals surface area contributed by atoms with E-state index < -0.39 is 5.97 Å². The van der Waals surface area contributed by atoms with Crippen LogP contribution in [0.25, 0.3) is 0 Å². The van der Waals surface area contributed by atoms with Gasteiger partial charge in [0.1, 0.15) is 0 Å². The van der Waals surface area contributed by atoms with E-state index in [1.54, 1.807) is 0 Å². The van der Waals surface area contributed by atoms with Crippen molar-refractivity contribution in [3.63, 3.8) is 0 Å². The zero-order chi connectivity index (χ0) is 14.3. The van der Waals surface area contributed by atoms with Gasteiger partial charge in [-0.25, -0.2) is 0 Å². The molecule has 106 valence electrons. The molecule has 0 aliphatic carbocycles. The van der Waals surface area contributed by atoms with Crippen LogP contribution < -0.4 is 4.90 Å². The lowest BCUT2D eigenvalue weighted by atomic mass is 10.2. The van der Waals surface area contributed by atoms with Crippen LogP contribution in [0.5, 0.6) is 0 Å². The third-order valence-electron chi connectivity index (χ3n) is 2.82. The highest BCUT2D eigenvalue weighted by molar-refractivity contribution is 6.30. The van der Waals surface area contributed by atoms with E-state index >= 15 is 0 Å². The van der Waals surface area contributed by atoms with E-state index in [9.17, 15) is 4.79 Å². The SMILES string of the molecule is CN(C)CCCN(CCC(=O)O)c1ccc(Cl)cc1. The van der Waals surface area contributed by atoms with E-state index in [1.165, 1.54) is 0 Å². The number of nitrogens with zero attached hydrogens (tertiary/aromatic N) is 2. The summed E-state index contributed by atoms with van der Waals surface area (Å²) in [7, 11) is 4.06. The average Bonchev–Trinajstić information content (AvgIpc) is 2.34. The van der Waals surface area contributed by atoms with Gasteiger partial charge in [-0.15, -0.1) is 0 Å². The standard InChI is InChI=1S/C14H21ClN2O2/c1-16(2)9-3-10-17(11-8-14(18)19)13-6-4-12(15)5-7-13/h4-7H,3,8-11H2,1-2H3,(H,18,19). The number of rotatable bonds is 8. The van der Waals surface area contributed by atoms with Gasteiger partial charge in [0.2, 0.25) is 0 Å². The molecule has 1 aromatic carbocycles. The number of aliphatic carboxylic acids is 1. The minimum Gasteiger partial charge on any atom is -0.481 e. The van der Waals surface area contributed by atoms with Crippen molar-refractivity contribution < 1.29 is 9.90 Å². The second-order valence-electron chi connectivity index (χ2n) is 4.76. The third kappa shape index (κ3) is 6.45. The maximum atomic E-state index is 10.7. The van der Waals surface area contributed by atoms with Crippen molar-refractivity contribution in [1.29, 1.82) is 0 Å². The van der Waals surface area contributed by atoms with E-state index in [-0.39, 0.29) is 6.42 Å². The van der Waals surface area contributed by atoms with Gasteiger partial charge in [0, 0.05) is 23.8 Å². The fraction of sp³-hybridized carbons (Fsp3) is 0.500. The summed E-state index contributed by atoms with van der Waals surface area (Å²) in [6, 6.07) is 7.52. The fourth-order valence-electron chi connectivity index (χ4n) is 1.83. The Bertz CT molecular complexity index is 393. The third-order valence-corrected chi connectivity index (χ3v) is 3.07. The number of benzene rings is 1. The zero-order valence-electron chi connectivity index (χ0n) is 11.5. The summed E-state index contributed by atoms with van der Waals surface area (Å²) in [5, 5.41) is 9.50. The number of carboxylic acids is 1. The van der Waals surface area contributed by atoms with Gasteiger partial charge < -0.3 is 14.9 Å². The molecule has 0 radical (unpaired) electrons. The van der Waals surface area contributed by atoms with Gasteiger partial charge >= 0.3 is 5.97 Å². The fourth-order valence-corrected chi connectivity index (χ4v) is 1.96. The molecule has 19 heavy (non-hydrogen) atoms. The molecule has 0 spiro atoms. The summed E-state index contributed by atoms with van der Waals surface area (Å²) in [6.07, 6.45) is 1.14. The summed E-state index contributed by atoms with van der Waals surface area (Å²) in [6.45, 7) is 2.34. The van der Waals surface area contributed by atoms with Crippen LogP contribution in [0.2, 0.25) is 5.02 Å². The zero-order valence-corrected chi connectivity index (χ0v) is 12.2. The number of hydrogen-bond acceptors (Lipinski definition) is 3. The van der Waals surface area contributed by atoms with Crippen LogP contribution in [-0.2, 0) is 4.79 Å². The van der Waals surface area contributed by atoms with Crippen LogP contribution in [0.4, 0.5) is 5.69 Å². The lowest BCUT2D eigenvalue weighted by molar-refractivity contribution is -0.136. The summed E-state index contributed by atoms with van der Waals surface area (Å²) in [4.78, 5) is 14.9. The normalized spacial score (nSPS) is 10.7. The van der Waals surface area contributed by atoms with Crippen LogP contribution in [0, 0.1) is 0 Å². The lowest BCUT2D eigenvalue weighted by Crippen LogP contribution is -2.29. The molecule has 0 saturated carbocycles. The van der Waals surface area contributed by atoms with Crippen molar-refractivity contribution in [2.45, 2.75) is 12.8 Å². The molecule has 0 bridgehead atoms. The molecule has 0 aliphatic rings. The Morgan fingerprint density at radius 2 is 1.79 bits per heavy atom. The Hall–Kier alpha value is -1.26. The Labute approximate surface area is 119 Å². The quantitative estimate of drug-likeness (QED) is 0.797. The molecule has 1 rings (SSSR count). The van der Waals surface area contributed by atoms with E-state index in [0.717, 1.165) is 25.2 Å². The van der Waals surface area contributed by atoms with Gasteiger partial charge in [-0.3, -0.25) is 4.79 Å². The molecule has 1 aromatic rings. The minimum atomic E-state index is -0.772. The van der Waals surface area contributed by atoms with Gasteiger partial charge in [0.05, 0.1) is 6.42 Å². The summed E-state index contributed by atoms with van der Waals surface area (Å²) in [5.41, 5.74) is 1.02. The first-order valence-corrected chi connectivity index (χ1v) is 6.74. The van der Waals surface area contributed by atoms with Crippen molar-refractivity contribution in [1.82, 2.24) is 4.90 Å². The predicted octanol–water partition coefficient (Wildman–Crippen LogP) is 2.57. The number of carbonyl (C=O) groups is 1. The summed E-state index contributed by atoms with van der Waals surface area (Å²) in [5.74, 6) is -0.772. The molecule has 0 unspecified atom stereocenters. The van der Waals surface area contributed by atoms with Crippen LogP contribution >= 0.6 is 11.6 Å². The van der Waals surface area contributed by atoms with E-state index in [0.29, 0.717) is 11.6 Å². The molecule has 1 N–H and O–H groups in total. The number of hydrogen-bond donors (Lipinski definition) is 1. The Balaban J connectivity index is 2.62. The Morgan fingerprint density at radius 3 is 2.32 bits per heavy atom. The Kier molecular flexibility index (Phi) is 6.67. The maximum absolute atomic E-state index is 10.7. The highest BCUT2D eigenvalue weighted by atomic mass is 35.5. The predicted molar refractivity (Wildman–Crippen MR) is 79.1 cm³/mol. The van der Waals surface area contributed by atoms with Crippen molar-refractivity contribution >= 4 is 23.3 Å². The molecule has 5 heteroatoms. The minimum absolute atomic E-state index is 0.143. The first-order chi connectivity index (χ1) is 8.99. The number of anilines is 1. The molecule has 0 fully saturated rings. The molecular weight excluding hydrogens is 264 g/mol. The molecule has 0 aliphatic heterocycles. The second-order valence-corrected chi connectivity index (χ2v) is 5.20. The first-order valence-electron chi connectivity index (χ1n) is 6.36. The van der Waals surface area contributed by atoms with Crippen LogP contribution in [-0.4, -0.2) is 49.7 Å². The van der Waals surface area contributed by atoms with Crippen molar-refractivity contribution in [3.8, 4) is 0 Å². The highest BCUT2D eigenvalue weighted by Gasteiger charge is 2.08. The average molecular weight is 285 g/mol. The molecule has 0 heterocycles. The molecule has 0 aromatic heterocycles. The van der Waals surface area contributed by atoms with Crippen LogP contribution in [0.3, 0.4) is 0 Å².